The molecular formula is C22H22N4O5S. The largest absolute Gasteiger partial charge is 0.363 e. The molecule has 3 aromatic rings. The van der Waals surface area contributed by atoms with Gasteiger partial charge in [0.25, 0.3) is 11.8 Å². The van der Waals surface area contributed by atoms with Gasteiger partial charge in [-0.1, -0.05) is 30.3 Å². The van der Waals surface area contributed by atoms with Crippen LogP contribution in [0.2, 0.25) is 0 Å². The molecule has 1 heterocycles. The van der Waals surface area contributed by atoms with E-state index in [9.17, 15) is 22.8 Å². The van der Waals surface area contributed by atoms with Crippen LogP contribution in [0.3, 0.4) is 0 Å². The smallest absolute Gasteiger partial charge is 0.287 e. The molecule has 1 aromatic heterocycles. The number of nitrogens with one attached hydrogen (secondary N) is 1. The van der Waals surface area contributed by atoms with E-state index in [2.05, 4.69) is 10.4 Å². The second-order valence-corrected chi connectivity index (χ2v) is 9.31. The van der Waals surface area contributed by atoms with Crippen molar-refractivity contribution >= 4 is 27.4 Å². The first-order valence-corrected chi connectivity index (χ1v) is 11.5. The van der Waals surface area contributed by atoms with Gasteiger partial charge in [0.05, 0.1) is 16.3 Å². The molecule has 166 valence electrons. The number of ketones is 1. The Bertz CT molecular complexity index is 1270. The number of benzene rings is 2. The topological polar surface area (TPSA) is 141 Å². The van der Waals surface area contributed by atoms with Crippen LogP contribution in [-0.2, 0) is 25.8 Å². The summed E-state index contributed by atoms with van der Waals surface area (Å²) in [6.45, 7) is 1.69. The number of carbonyl (C=O) groups is 3. The average molecular weight is 455 g/mol. The molecule has 3 rings (SSSR count). The van der Waals surface area contributed by atoms with E-state index in [-0.39, 0.29) is 17.0 Å². The first kappa shape index (κ1) is 22.9. The number of carbonyl (C=O) groups excluding carboxylic acids is 3. The molecule has 0 fully saturated rings. The number of aromatic nitrogens is 2. The highest BCUT2D eigenvalue weighted by molar-refractivity contribution is 7.90. The summed E-state index contributed by atoms with van der Waals surface area (Å²) < 4.78 is 24.7. The Hall–Kier alpha value is -3.79. The molecule has 1 unspecified atom stereocenters. The Kier molecular flexibility index (Phi) is 6.54. The van der Waals surface area contributed by atoms with E-state index in [1.54, 1.807) is 31.2 Å². The summed E-state index contributed by atoms with van der Waals surface area (Å²) in [5.74, 6) is -2.69. The molecule has 0 saturated carbocycles. The van der Waals surface area contributed by atoms with Crippen LogP contribution in [0.25, 0.3) is 5.69 Å². The molecule has 9 nitrogen and oxygen atoms in total. The molecule has 3 N–H and O–H groups in total. The van der Waals surface area contributed by atoms with E-state index in [0.29, 0.717) is 11.4 Å². The highest BCUT2D eigenvalue weighted by Gasteiger charge is 2.27. The molecule has 0 aliphatic carbocycles. The van der Waals surface area contributed by atoms with Crippen molar-refractivity contribution in [1.29, 1.82) is 0 Å². The zero-order valence-corrected chi connectivity index (χ0v) is 18.3. The maximum atomic E-state index is 13.0. The van der Waals surface area contributed by atoms with Gasteiger partial charge >= 0.3 is 0 Å². The number of rotatable bonds is 8. The molecule has 0 radical (unpaired) electrons. The number of sulfone groups is 1. The maximum Gasteiger partial charge on any atom is 0.287 e. The Labute approximate surface area is 185 Å². The number of primary amides is 1. The highest BCUT2D eigenvalue weighted by Crippen LogP contribution is 2.17. The van der Waals surface area contributed by atoms with Crippen LogP contribution in [0, 0.1) is 6.92 Å². The van der Waals surface area contributed by atoms with Crippen LogP contribution < -0.4 is 11.1 Å². The van der Waals surface area contributed by atoms with Crippen molar-refractivity contribution in [2.75, 3.05) is 6.26 Å². The number of hydrogen-bond acceptors (Lipinski definition) is 6. The normalized spacial score (nSPS) is 12.2. The third kappa shape index (κ3) is 5.27. The molecule has 0 saturated heterocycles. The van der Waals surface area contributed by atoms with E-state index >= 15 is 0 Å². The van der Waals surface area contributed by atoms with Crippen molar-refractivity contribution < 1.29 is 22.8 Å². The van der Waals surface area contributed by atoms with E-state index in [4.69, 9.17) is 5.73 Å². The summed E-state index contributed by atoms with van der Waals surface area (Å²) in [6, 6.07) is 15.2. The number of nitrogens with zero attached hydrogens (tertiary/aromatic N) is 2. The molecule has 0 bridgehead atoms. The molecule has 0 aliphatic rings. The lowest BCUT2D eigenvalue weighted by Crippen LogP contribution is -2.47. The van der Waals surface area contributed by atoms with Crippen molar-refractivity contribution in [3.8, 4) is 5.69 Å². The SMILES string of the molecule is Cc1cc(C(=O)NC(Cc2ccccc2)C(=O)C(N)=O)n(-c2ccc(S(C)(=O)=O)cc2)n1. The van der Waals surface area contributed by atoms with Gasteiger partial charge in [0, 0.05) is 12.7 Å². The van der Waals surface area contributed by atoms with Crippen LogP contribution in [0.4, 0.5) is 0 Å². The Morgan fingerprint density at radius 3 is 2.25 bits per heavy atom. The minimum Gasteiger partial charge on any atom is -0.363 e. The van der Waals surface area contributed by atoms with E-state index in [1.165, 1.54) is 35.0 Å². The quantitative estimate of drug-likeness (QED) is 0.486. The minimum atomic E-state index is -3.38. The maximum absolute atomic E-state index is 13.0. The highest BCUT2D eigenvalue weighted by atomic mass is 32.2. The lowest BCUT2D eigenvalue weighted by Gasteiger charge is -2.17. The molecule has 2 amide bonds. The molecule has 32 heavy (non-hydrogen) atoms. The fourth-order valence-corrected chi connectivity index (χ4v) is 3.79. The van der Waals surface area contributed by atoms with Gasteiger partial charge in [-0.25, -0.2) is 13.1 Å². The van der Waals surface area contributed by atoms with Crippen molar-refractivity contribution in [2.45, 2.75) is 24.3 Å². The van der Waals surface area contributed by atoms with Crippen molar-refractivity contribution in [1.82, 2.24) is 15.1 Å². The van der Waals surface area contributed by atoms with Crippen LogP contribution >= 0.6 is 0 Å². The zero-order valence-electron chi connectivity index (χ0n) is 17.5. The number of amides is 2. The number of nitrogens with two attached hydrogens (primary N) is 1. The lowest BCUT2D eigenvalue weighted by molar-refractivity contribution is -0.137. The van der Waals surface area contributed by atoms with Gasteiger partial charge in [-0.3, -0.25) is 14.4 Å². The summed E-state index contributed by atoms with van der Waals surface area (Å²) in [5.41, 5.74) is 7.02. The van der Waals surface area contributed by atoms with Crippen molar-refractivity contribution in [3.05, 3.63) is 77.6 Å². The Morgan fingerprint density at radius 2 is 1.69 bits per heavy atom. The Balaban J connectivity index is 1.91. The zero-order chi connectivity index (χ0) is 23.5. The number of Topliss-reactive ketones (excluding diaryl/α,β-unsaturated/α-hetero) is 1. The van der Waals surface area contributed by atoms with Gasteiger partial charge in [-0.05, 0) is 42.8 Å². The van der Waals surface area contributed by atoms with Crippen LogP contribution in [0.1, 0.15) is 21.7 Å². The second kappa shape index (κ2) is 9.15. The van der Waals surface area contributed by atoms with E-state index in [0.717, 1.165) is 11.8 Å². The van der Waals surface area contributed by atoms with Crippen molar-refractivity contribution in [2.24, 2.45) is 5.73 Å². The van der Waals surface area contributed by atoms with E-state index in [1.807, 2.05) is 6.07 Å². The molecule has 2 aromatic carbocycles. The first-order valence-electron chi connectivity index (χ1n) is 9.62. The second-order valence-electron chi connectivity index (χ2n) is 7.29. The van der Waals surface area contributed by atoms with Crippen LogP contribution in [0.15, 0.2) is 65.6 Å². The summed E-state index contributed by atoms with van der Waals surface area (Å²) in [5, 5.41) is 6.87. The van der Waals surface area contributed by atoms with Gasteiger partial charge in [0.2, 0.25) is 5.78 Å². The van der Waals surface area contributed by atoms with Crippen LogP contribution in [-0.4, -0.2) is 48.1 Å². The van der Waals surface area contributed by atoms with E-state index < -0.39 is 33.5 Å². The molecule has 10 heteroatoms. The van der Waals surface area contributed by atoms with Gasteiger partial charge < -0.3 is 11.1 Å². The summed E-state index contributed by atoms with van der Waals surface area (Å²) >= 11 is 0. The van der Waals surface area contributed by atoms with Gasteiger partial charge in [0.15, 0.2) is 9.84 Å². The third-order valence-electron chi connectivity index (χ3n) is 4.72. The Morgan fingerprint density at radius 1 is 1.06 bits per heavy atom. The van der Waals surface area contributed by atoms with Crippen LogP contribution in [0.5, 0.6) is 0 Å². The monoisotopic (exact) mass is 454 g/mol. The summed E-state index contributed by atoms with van der Waals surface area (Å²) in [4.78, 5) is 37.0. The van der Waals surface area contributed by atoms with Gasteiger partial charge in [0.1, 0.15) is 11.7 Å². The molecule has 0 aliphatic heterocycles. The molecule has 1 atom stereocenters. The minimum absolute atomic E-state index is 0.0878. The molecule has 0 spiro atoms. The third-order valence-corrected chi connectivity index (χ3v) is 5.85. The van der Waals surface area contributed by atoms with Gasteiger partial charge in [-0.2, -0.15) is 5.10 Å². The lowest BCUT2D eigenvalue weighted by atomic mass is 10.0. The predicted octanol–water partition coefficient (Wildman–Crippen LogP) is 0.980. The first-order chi connectivity index (χ1) is 15.1. The molecular weight excluding hydrogens is 432 g/mol. The standard InChI is InChI=1S/C22H22N4O5S/c1-14-12-19(26(25-14)16-8-10-17(11-9-16)32(2,30)31)22(29)24-18(20(27)21(23)28)13-15-6-4-3-5-7-15/h3-12,18H,13H2,1-2H3,(H2,23,28)(H,24,29). The fraction of sp³-hybridized carbons (Fsp3) is 0.182. The summed E-state index contributed by atoms with van der Waals surface area (Å²) in [6.07, 6.45) is 1.19. The number of aryl methyl sites for hydroxylation is 1. The fourth-order valence-electron chi connectivity index (χ4n) is 3.16. The average Bonchev–Trinajstić information content (AvgIpc) is 3.14. The summed E-state index contributed by atoms with van der Waals surface area (Å²) in [7, 11) is -3.38. The van der Waals surface area contributed by atoms with Crippen molar-refractivity contribution in [3.63, 3.8) is 0 Å². The number of hydrogen-bond donors (Lipinski definition) is 2. The van der Waals surface area contributed by atoms with Gasteiger partial charge in [-0.15, -0.1) is 0 Å². The predicted molar refractivity (Wildman–Crippen MR) is 117 cm³/mol.